The Kier molecular flexibility index (Phi) is 7.06. The zero-order valence-electron chi connectivity index (χ0n) is 18.6. The first kappa shape index (κ1) is 24.0. The van der Waals surface area contributed by atoms with Crippen molar-refractivity contribution >= 4 is 43.5 Å². The van der Waals surface area contributed by atoms with Gasteiger partial charge in [-0.1, -0.05) is 0 Å². The van der Waals surface area contributed by atoms with Gasteiger partial charge in [0.15, 0.2) is 0 Å². The number of carbonyl (C=O) groups excluding carboxylic acids is 1. The highest BCUT2D eigenvalue weighted by molar-refractivity contribution is 7.85. The molecule has 0 saturated heterocycles. The van der Waals surface area contributed by atoms with Gasteiger partial charge in [-0.15, -0.1) is 11.3 Å². The first-order valence-corrected chi connectivity index (χ1v) is 12.5. The van der Waals surface area contributed by atoms with E-state index in [-0.39, 0.29) is 13.2 Å². The van der Waals surface area contributed by atoms with Gasteiger partial charge in [-0.25, -0.2) is 9.78 Å². The van der Waals surface area contributed by atoms with Gasteiger partial charge in [0.2, 0.25) is 0 Å². The largest absolute Gasteiger partial charge is 0.491 e. The number of thiazole rings is 1. The van der Waals surface area contributed by atoms with Crippen LogP contribution in [-0.2, 0) is 19.0 Å². The molecular weight excluding hydrogens is 452 g/mol. The van der Waals surface area contributed by atoms with Crippen LogP contribution in [0.5, 0.6) is 5.75 Å². The smallest absolute Gasteiger partial charge is 0.414 e. The molecule has 2 aromatic carbocycles. The Labute approximate surface area is 191 Å². The molecule has 0 aliphatic heterocycles. The fraction of sp³-hybridized carbons (Fsp3) is 0.364. The van der Waals surface area contributed by atoms with E-state index in [4.69, 9.17) is 9.47 Å². The molecule has 8 nitrogen and oxygen atoms in total. The molecule has 0 bridgehead atoms. The Hall–Kier alpha value is -2.69. The molecule has 0 spiro atoms. The number of benzene rings is 2. The van der Waals surface area contributed by atoms with Gasteiger partial charge in [0, 0.05) is 18.3 Å². The van der Waals surface area contributed by atoms with Crippen LogP contribution in [0.1, 0.15) is 20.8 Å². The Morgan fingerprint density at radius 3 is 2.41 bits per heavy atom. The number of amides is 1. The van der Waals surface area contributed by atoms with Crippen LogP contribution in [0.4, 0.5) is 10.5 Å². The van der Waals surface area contributed by atoms with E-state index in [1.165, 1.54) is 16.2 Å². The Bertz CT molecular complexity index is 1200. The fourth-order valence-electron chi connectivity index (χ4n) is 2.73. The van der Waals surface area contributed by atoms with Crippen molar-refractivity contribution in [2.75, 3.05) is 31.4 Å². The van der Waals surface area contributed by atoms with Crippen LogP contribution in [-0.4, -0.2) is 51.6 Å². The van der Waals surface area contributed by atoms with Gasteiger partial charge in [0.1, 0.15) is 29.6 Å². The molecule has 172 valence electrons. The second-order valence-electron chi connectivity index (χ2n) is 8.11. The summed E-state index contributed by atoms with van der Waals surface area (Å²) in [6.07, 6.45) is 0.583. The molecule has 0 atom stereocenters. The lowest BCUT2D eigenvalue weighted by atomic mass is 10.2. The summed E-state index contributed by atoms with van der Waals surface area (Å²) in [7, 11) is -1.81. The number of fused-ring (bicyclic) bond motifs is 1. The number of carbonyl (C=O) groups is 1. The standard InChI is InChI=1S/C22H26N2O6S2/c1-22(2,3)30-21(25)24(4)16-8-6-15(7-9-16)20-23-18-11-10-17(14-19(18)31-20)28-12-13-29-32(5,26)27/h6-11,14H,12-13H2,1-5H3. The van der Waals surface area contributed by atoms with Crippen LogP contribution in [0.25, 0.3) is 20.8 Å². The molecule has 0 saturated carbocycles. The topological polar surface area (TPSA) is 95.0 Å². The van der Waals surface area contributed by atoms with Gasteiger partial charge < -0.3 is 9.47 Å². The van der Waals surface area contributed by atoms with Crippen LogP contribution >= 0.6 is 11.3 Å². The SMILES string of the molecule is CN(C(=O)OC(C)(C)C)c1ccc(-c2nc3ccc(OCCOS(C)(=O)=O)cc3s2)cc1. The van der Waals surface area contributed by atoms with E-state index >= 15 is 0 Å². The number of anilines is 1. The number of rotatable bonds is 7. The van der Waals surface area contributed by atoms with Crippen molar-refractivity contribution in [1.29, 1.82) is 0 Å². The molecule has 0 N–H and O–H groups in total. The van der Waals surface area contributed by atoms with Crippen molar-refractivity contribution in [3.63, 3.8) is 0 Å². The van der Waals surface area contributed by atoms with Crippen molar-refractivity contribution in [1.82, 2.24) is 4.98 Å². The van der Waals surface area contributed by atoms with E-state index in [1.54, 1.807) is 13.1 Å². The highest BCUT2D eigenvalue weighted by Crippen LogP contribution is 2.33. The fourth-order valence-corrected chi connectivity index (χ4v) is 4.10. The first-order chi connectivity index (χ1) is 14.9. The highest BCUT2D eigenvalue weighted by Gasteiger charge is 2.20. The molecule has 0 aliphatic rings. The zero-order valence-corrected chi connectivity index (χ0v) is 20.2. The summed E-state index contributed by atoms with van der Waals surface area (Å²) in [4.78, 5) is 18.4. The maximum Gasteiger partial charge on any atom is 0.414 e. The number of hydrogen-bond donors (Lipinski definition) is 0. The van der Waals surface area contributed by atoms with Crippen LogP contribution in [0, 0.1) is 0 Å². The molecule has 0 radical (unpaired) electrons. The summed E-state index contributed by atoms with van der Waals surface area (Å²) < 4.78 is 38.6. The average molecular weight is 479 g/mol. The Balaban J connectivity index is 1.69. The number of ether oxygens (including phenoxy) is 2. The van der Waals surface area contributed by atoms with Crippen LogP contribution in [0.3, 0.4) is 0 Å². The molecule has 0 fully saturated rings. The monoisotopic (exact) mass is 478 g/mol. The van der Waals surface area contributed by atoms with E-state index in [9.17, 15) is 13.2 Å². The van der Waals surface area contributed by atoms with Crippen molar-refractivity contribution in [2.24, 2.45) is 0 Å². The van der Waals surface area contributed by atoms with Gasteiger partial charge in [-0.3, -0.25) is 9.08 Å². The van der Waals surface area contributed by atoms with Crippen molar-refractivity contribution in [2.45, 2.75) is 26.4 Å². The average Bonchev–Trinajstić information content (AvgIpc) is 3.12. The summed E-state index contributed by atoms with van der Waals surface area (Å²) in [6, 6.07) is 13.0. The molecule has 32 heavy (non-hydrogen) atoms. The predicted octanol–water partition coefficient (Wildman–Crippen LogP) is 4.69. The third kappa shape index (κ3) is 6.65. The number of nitrogens with zero attached hydrogens (tertiary/aromatic N) is 2. The van der Waals surface area contributed by atoms with Gasteiger partial charge >= 0.3 is 6.09 Å². The summed E-state index contributed by atoms with van der Waals surface area (Å²) in [5.74, 6) is 0.610. The summed E-state index contributed by atoms with van der Waals surface area (Å²) in [5, 5.41) is 0.837. The Morgan fingerprint density at radius 1 is 1.09 bits per heavy atom. The second-order valence-corrected chi connectivity index (χ2v) is 10.8. The van der Waals surface area contributed by atoms with E-state index in [2.05, 4.69) is 9.17 Å². The minimum atomic E-state index is -3.48. The molecule has 3 rings (SSSR count). The summed E-state index contributed by atoms with van der Waals surface area (Å²) in [5.41, 5.74) is 1.92. The van der Waals surface area contributed by atoms with E-state index in [0.717, 1.165) is 32.7 Å². The molecule has 0 unspecified atom stereocenters. The lowest BCUT2D eigenvalue weighted by Gasteiger charge is -2.24. The van der Waals surface area contributed by atoms with Gasteiger partial charge in [-0.05, 0) is 63.2 Å². The molecule has 1 heterocycles. The summed E-state index contributed by atoms with van der Waals surface area (Å²) >= 11 is 1.51. The van der Waals surface area contributed by atoms with Crippen LogP contribution in [0.2, 0.25) is 0 Å². The molecule has 0 aliphatic carbocycles. The van der Waals surface area contributed by atoms with Crippen molar-refractivity contribution in [3.8, 4) is 16.3 Å². The minimum Gasteiger partial charge on any atom is -0.491 e. The third-order valence-corrected chi connectivity index (χ3v) is 5.84. The second kappa shape index (κ2) is 9.43. The van der Waals surface area contributed by atoms with E-state index < -0.39 is 21.8 Å². The molecule has 1 aromatic heterocycles. The van der Waals surface area contributed by atoms with Gasteiger partial charge in [-0.2, -0.15) is 8.42 Å². The van der Waals surface area contributed by atoms with Crippen molar-refractivity contribution < 1.29 is 26.9 Å². The predicted molar refractivity (Wildman–Crippen MR) is 126 cm³/mol. The molecule has 1 amide bonds. The molecule has 3 aromatic rings. The normalized spacial score (nSPS) is 12.0. The highest BCUT2D eigenvalue weighted by atomic mass is 32.2. The van der Waals surface area contributed by atoms with Gasteiger partial charge in [0.05, 0.1) is 16.5 Å². The quantitative estimate of drug-likeness (QED) is 0.359. The van der Waals surface area contributed by atoms with E-state index in [0.29, 0.717) is 5.75 Å². The van der Waals surface area contributed by atoms with E-state index in [1.807, 2.05) is 57.2 Å². The minimum absolute atomic E-state index is 0.0467. The molecular formula is C22H26N2O6S2. The number of hydrogen-bond acceptors (Lipinski definition) is 8. The third-order valence-electron chi connectivity index (χ3n) is 4.18. The van der Waals surface area contributed by atoms with Crippen molar-refractivity contribution in [3.05, 3.63) is 42.5 Å². The first-order valence-electron chi connectivity index (χ1n) is 9.86. The Morgan fingerprint density at radius 2 is 1.78 bits per heavy atom. The summed E-state index contributed by atoms with van der Waals surface area (Å²) in [6.45, 7) is 5.56. The zero-order chi connectivity index (χ0) is 23.5. The molecule has 10 heteroatoms. The number of aromatic nitrogens is 1. The lowest BCUT2D eigenvalue weighted by Crippen LogP contribution is -2.34. The van der Waals surface area contributed by atoms with Gasteiger partial charge in [0.25, 0.3) is 10.1 Å². The van der Waals surface area contributed by atoms with Crippen LogP contribution < -0.4 is 9.64 Å². The lowest BCUT2D eigenvalue weighted by molar-refractivity contribution is 0.0589. The maximum absolute atomic E-state index is 12.3. The van der Waals surface area contributed by atoms with Crippen LogP contribution in [0.15, 0.2) is 42.5 Å². The maximum atomic E-state index is 12.3.